The average molecular weight is 367 g/mol. The Morgan fingerprint density at radius 1 is 1.15 bits per heavy atom. The van der Waals surface area contributed by atoms with Gasteiger partial charge in [-0.3, -0.25) is 9.59 Å². The number of aromatic nitrogens is 1. The number of H-pyrrole nitrogens is 1. The molecule has 0 saturated heterocycles. The van der Waals surface area contributed by atoms with E-state index in [0.29, 0.717) is 16.3 Å². The highest BCUT2D eigenvalue weighted by atomic mass is 35.5. The van der Waals surface area contributed by atoms with Crippen LogP contribution in [0, 0.1) is 0 Å². The molecule has 0 aliphatic carbocycles. The van der Waals surface area contributed by atoms with Crippen LogP contribution in [0.2, 0.25) is 5.02 Å². The van der Waals surface area contributed by atoms with Crippen molar-refractivity contribution in [2.45, 2.75) is 0 Å². The molecule has 0 atom stereocenters. The summed E-state index contributed by atoms with van der Waals surface area (Å²) in [5.74, 6) is -1.52. The highest BCUT2D eigenvalue weighted by molar-refractivity contribution is 6.33. The van der Waals surface area contributed by atoms with E-state index < -0.39 is 18.4 Å². The van der Waals surface area contributed by atoms with Gasteiger partial charge in [-0.2, -0.15) is 0 Å². The molecule has 0 fully saturated rings. The molecular weight excluding hydrogens is 350 g/mol. The SMILES string of the molecule is Bc1ccc2c(C(=O)NCC(=O)O)c(/C=C/c3ccc(Cl)cc3)[nH]c2c1. The Kier molecular flexibility index (Phi) is 5.14. The Balaban J connectivity index is 2.02. The van der Waals surface area contributed by atoms with Crippen molar-refractivity contribution in [2.24, 2.45) is 0 Å². The van der Waals surface area contributed by atoms with Crippen molar-refractivity contribution in [3.05, 3.63) is 64.3 Å². The van der Waals surface area contributed by atoms with Crippen LogP contribution in [0.25, 0.3) is 23.1 Å². The number of hydrogen-bond acceptors (Lipinski definition) is 2. The van der Waals surface area contributed by atoms with Crippen LogP contribution in [0.15, 0.2) is 42.5 Å². The molecule has 0 aliphatic heterocycles. The molecule has 3 rings (SSSR count). The Morgan fingerprint density at radius 2 is 1.88 bits per heavy atom. The number of carbonyl (C=O) groups is 2. The van der Waals surface area contributed by atoms with Gasteiger partial charge in [-0.25, -0.2) is 0 Å². The zero-order valence-electron chi connectivity index (χ0n) is 14.0. The van der Waals surface area contributed by atoms with E-state index in [-0.39, 0.29) is 0 Å². The van der Waals surface area contributed by atoms with Crippen molar-refractivity contribution in [3.63, 3.8) is 0 Å². The lowest BCUT2D eigenvalue weighted by molar-refractivity contribution is -0.135. The van der Waals surface area contributed by atoms with E-state index in [0.717, 1.165) is 21.9 Å². The number of carboxylic acids is 1. The molecule has 26 heavy (non-hydrogen) atoms. The Labute approximate surface area is 156 Å². The first-order chi connectivity index (χ1) is 12.4. The molecule has 1 amide bonds. The summed E-state index contributed by atoms with van der Waals surface area (Å²) < 4.78 is 0. The largest absolute Gasteiger partial charge is 0.480 e. The molecule has 1 aromatic heterocycles. The molecule has 0 aliphatic rings. The molecule has 3 N–H and O–H groups in total. The first-order valence-electron chi connectivity index (χ1n) is 8.00. The molecule has 1 heterocycles. The van der Waals surface area contributed by atoms with E-state index >= 15 is 0 Å². The Hall–Kier alpha value is -2.99. The molecule has 7 heteroatoms. The molecule has 2 aromatic carbocycles. The lowest BCUT2D eigenvalue weighted by atomic mass is 9.95. The number of aliphatic carboxylic acids is 1. The van der Waals surface area contributed by atoms with E-state index in [4.69, 9.17) is 16.7 Å². The number of rotatable bonds is 5. The molecule has 0 unspecified atom stereocenters. The maximum Gasteiger partial charge on any atom is 0.322 e. The van der Waals surface area contributed by atoms with Gasteiger partial charge in [0.05, 0.1) is 11.3 Å². The van der Waals surface area contributed by atoms with Gasteiger partial charge in [0.1, 0.15) is 14.4 Å². The van der Waals surface area contributed by atoms with Gasteiger partial charge in [0.15, 0.2) is 0 Å². The molecule has 3 aromatic rings. The van der Waals surface area contributed by atoms with Crippen molar-refractivity contribution in [1.82, 2.24) is 10.3 Å². The standard InChI is InChI=1S/C19H16BClN2O3/c20-12-4-7-14-16(9-12)23-15(18(14)19(26)22-10-17(24)25)8-3-11-1-5-13(21)6-2-11/h1-9,23H,10,20H2,(H,22,26)(H,24,25)/b8-3+. The van der Waals surface area contributed by atoms with Crippen molar-refractivity contribution in [2.75, 3.05) is 6.54 Å². The van der Waals surface area contributed by atoms with Crippen LogP contribution in [0.3, 0.4) is 0 Å². The average Bonchev–Trinajstić information content (AvgIpc) is 2.96. The molecule has 130 valence electrons. The first-order valence-corrected chi connectivity index (χ1v) is 8.38. The molecular formula is C19H16BClN2O3. The molecule has 0 saturated carbocycles. The lowest BCUT2D eigenvalue weighted by Gasteiger charge is -2.03. The third-order valence-corrected chi connectivity index (χ3v) is 4.17. The van der Waals surface area contributed by atoms with Gasteiger partial charge in [-0.05, 0) is 29.8 Å². The van der Waals surface area contributed by atoms with Crippen LogP contribution in [-0.2, 0) is 4.79 Å². The highest BCUT2D eigenvalue weighted by Gasteiger charge is 2.17. The van der Waals surface area contributed by atoms with E-state index in [9.17, 15) is 9.59 Å². The smallest absolute Gasteiger partial charge is 0.322 e. The predicted molar refractivity (Wildman–Crippen MR) is 107 cm³/mol. The van der Waals surface area contributed by atoms with Crippen molar-refractivity contribution in [1.29, 1.82) is 0 Å². The fourth-order valence-electron chi connectivity index (χ4n) is 2.70. The second-order valence-corrected chi connectivity index (χ2v) is 6.36. The number of amides is 1. The number of aromatic amines is 1. The first kappa shape index (κ1) is 17.8. The number of carbonyl (C=O) groups excluding carboxylic acids is 1. The number of fused-ring (bicyclic) bond motifs is 1. The minimum atomic E-state index is -1.09. The predicted octanol–water partition coefficient (Wildman–Crippen LogP) is 2.06. The van der Waals surface area contributed by atoms with Gasteiger partial charge in [-0.15, -0.1) is 0 Å². The maximum absolute atomic E-state index is 12.5. The van der Waals surface area contributed by atoms with Crippen molar-refractivity contribution >= 4 is 59.8 Å². The number of carboxylic acid groups (broad SMARTS) is 1. The van der Waals surface area contributed by atoms with Crippen molar-refractivity contribution < 1.29 is 14.7 Å². The van der Waals surface area contributed by atoms with Crippen LogP contribution in [0.1, 0.15) is 21.6 Å². The zero-order valence-corrected chi connectivity index (χ0v) is 14.8. The summed E-state index contributed by atoms with van der Waals surface area (Å²) in [5, 5.41) is 12.6. The summed E-state index contributed by atoms with van der Waals surface area (Å²) in [6.45, 7) is -0.433. The summed E-state index contributed by atoms with van der Waals surface area (Å²) in [4.78, 5) is 26.5. The van der Waals surface area contributed by atoms with Crippen molar-refractivity contribution in [3.8, 4) is 0 Å². The molecule has 0 spiro atoms. The second-order valence-electron chi connectivity index (χ2n) is 5.92. The molecule has 5 nitrogen and oxygen atoms in total. The summed E-state index contributed by atoms with van der Waals surface area (Å²) in [6.07, 6.45) is 3.66. The van der Waals surface area contributed by atoms with Crippen LogP contribution in [-0.4, -0.2) is 36.4 Å². The fourth-order valence-corrected chi connectivity index (χ4v) is 2.83. The summed E-state index contributed by atoms with van der Waals surface area (Å²) in [6, 6.07) is 13.0. The normalized spacial score (nSPS) is 11.1. The monoisotopic (exact) mass is 366 g/mol. The van der Waals surface area contributed by atoms with Crippen LogP contribution >= 0.6 is 11.6 Å². The Bertz CT molecular complexity index is 1010. The third-order valence-electron chi connectivity index (χ3n) is 3.92. The van der Waals surface area contributed by atoms with Crippen LogP contribution < -0.4 is 10.8 Å². The van der Waals surface area contributed by atoms with Gasteiger partial charge < -0.3 is 15.4 Å². The number of hydrogen-bond donors (Lipinski definition) is 3. The zero-order chi connectivity index (χ0) is 18.7. The minimum Gasteiger partial charge on any atom is -0.480 e. The fraction of sp³-hybridized carbons (Fsp3) is 0.0526. The summed E-state index contributed by atoms with van der Waals surface area (Å²) in [5.41, 5.74) is 3.85. The van der Waals surface area contributed by atoms with Gasteiger partial charge >= 0.3 is 5.97 Å². The quantitative estimate of drug-likeness (QED) is 0.605. The summed E-state index contributed by atoms with van der Waals surface area (Å²) in [7, 11) is 1.97. The van der Waals surface area contributed by atoms with Gasteiger partial charge in [0, 0.05) is 15.9 Å². The van der Waals surface area contributed by atoms with E-state index in [1.165, 1.54) is 0 Å². The topological polar surface area (TPSA) is 82.2 Å². The van der Waals surface area contributed by atoms with Crippen LogP contribution in [0.4, 0.5) is 0 Å². The van der Waals surface area contributed by atoms with E-state index in [2.05, 4.69) is 10.3 Å². The van der Waals surface area contributed by atoms with Crippen LogP contribution in [0.5, 0.6) is 0 Å². The minimum absolute atomic E-state index is 0.423. The second kappa shape index (κ2) is 7.50. The van der Waals surface area contributed by atoms with E-state index in [1.54, 1.807) is 18.2 Å². The maximum atomic E-state index is 12.5. The molecule has 0 bridgehead atoms. The van der Waals surface area contributed by atoms with Gasteiger partial charge in [0.2, 0.25) is 0 Å². The van der Waals surface area contributed by atoms with Gasteiger partial charge in [0.25, 0.3) is 5.91 Å². The van der Waals surface area contributed by atoms with Gasteiger partial charge in [-0.1, -0.05) is 47.4 Å². The molecule has 0 radical (unpaired) electrons. The number of nitrogens with one attached hydrogen (secondary N) is 2. The van der Waals surface area contributed by atoms with E-state index in [1.807, 2.05) is 44.3 Å². The Morgan fingerprint density at radius 3 is 2.58 bits per heavy atom. The third kappa shape index (κ3) is 3.98. The summed E-state index contributed by atoms with van der Waals surface area (Å²) >= 11 is 5.89. The number of benzene rings is 2. The number of halogens is 1. The highest BCUT2D eigenvalue weighted by Crippen LogP contribution is 2.24. The lowest BCUT2D eigenvalue weighted by Crippen LogP contribution is -2.29.